The maximum Gasteiger partial charge on any atom is 0.192 e. The van der Waals surface area contributed by atoms with Crippen molar-refractivity contribution in [3.8, 4) is 0 Å². The van der Waals surface area contributed by atoms with Crippen LogP contribution in [0.15, 0.2) is 19.3 Å². The average molecular weight is 365 g/mol. The second-order valence-corrected chi connectivity index (χ2v) is 7.38. The molecule has 2 N–H and O–H groups in total. The Labute approximate surface area is 115 Å². The summed E-state index contributed by atoms with van der Waals surface area (Å²) >= 11 is 8.82. The molecule has 1 saturated carbocycles. The van der Waals surface area contributed by atoms with Gasteiger partial charge in [-0.25, -0.2) is 0 Å². The Morgan fingerprint density at radius 3 is 2.75 bits per heavy atom. The maximum absolute atomic E-state index is 5.95. The number of guanidine groups is 1. The van der Waals surface area contributed by atoms with Crippen LogP contribution in [0.1, 0.15) is 23.8 Å². The molecule has 1 fully saturated rings. The summed E-state index contributed by atoms with van der Waals surface area (Å²) in [5.41, 5.74) is 5.95. The number of nitrogens with two attached hydrogens (primary N) is 1. The Hall–Kier alpha value is -0.0700. The van der Waals surface area contributed by atoms with Gasteiger partial charge in [0.15, 0.2) is 5.96 Å². The van der Waals surface area contributed by atoms with Gasteiger partial charge in [-0.1, -0.05) is 0 Å². The van der Waals surface area contributed by atoms with E-state index in [-0.39, 0.29) is 0 Å². The molecule has 0 radical (unpaired) electrons. The van der Waals surface area contributed by atoms with Crippen LogP contribution in [-0.4, -0.2) is 23.4 Å². The summed E-state index contributed by atoms with van der Waals surface area (Å²) in [5, 5.41) is 0. The Kier molecular flexibility index (Phi) is 2.76. The summed E-state index contributed by atoms with van der Waals surface area (Å²) in [5.74, 6) is 0.716. The number of thiophene rings is 1. The minimum atomic E-state index is 0.347. The highest BCUT2D eigenvalue weighted by molar-refractivity contribution is 9.13. The highest BCUT2D eigenvalue weighted by atomic mass is 79.9. The summed E-state index contributed by atoms with van der Waals surface area (Å²) in [6.45, 7) is 0.793. The predicted molar refractivity (Wildman–Crippen MR) is 73.8 cm³/mol. The molecule has 0 saturated heterocycles. The van der Waals surface area contributed by atoms with E-state index < -0.39 is 0 Å². The molecule has 1 aromatic heterocycles. The fraction of sp³-hybridized carbons (Fsp3) is 0.500. The topological polar surface area (TPSA) is 41.6 Å². The fourth-order valence-electron chi connectivity index (χ4n) is 2.06. The van der Waals surface area contributed by atoms with E-state index in [0.29, 0.717) is 18.0 Å². The molecule has 2 aliphatic rings. The van der Waals surface area contributed by atoms with Crippen molar-refractivity contribution in [2.45, 2.75) is 24.9 Å². The third-order valence-corrected chi connectivity index (χ3v) is 6.32. The fourth-order valence-corrected chi connectivity index (χ4v) is 4.24. The van der Waals surface area contributed by atoms with Gasteiger partial charge in [0, 0.05) is 15.4 Å². The van der Waals surface area contributed by atoms with Crippen LogP contribution in [0.2, 0.25) is 0 Å². The van der Waals surface area contributed by atoms with E-state index in [9.17, 15) is 0 Å². The van der Waals surface area contributed by atoms with Crippen molar-refractivity contribution in [3.63, 3.8) is 0 Å². The number of halogens is 2. The summed E-state index contributed by atoms with van der Waals surface area (Å²) in [6, 6.07) is 3.14. The molecular weight excluding hydrogens is 354 g/mol. The Morgan fingerprint density at radius 1 is 1.44 bits per heavy atom. The van der Waals surface area contributed by atoms with Crippen molar-refractivity contribution in [2.24, 2.45) is 10.7 Å². The van der Waals surface area contributed by atoms with E-state index in [1.165, 1.54) is 17.7 Å². The lowest BCUT2D eigenvalue weighted by Crippen LogP contribution is -2.37. The molecule has 1 unspecified atom stereocenters. The molecule has 0 aromatic carbocycles. The lowest BCUT2D eigenvalue weighted by atomic mass is 10.2. The van der Waals surface area contributed by atoms with Gasteiger partial charge in [-0.3, -0.25) is 4.99 Å². The molecule has 1 atom stereocenters. The average Bonchev–Trinajstić information content (AvgIpc) is 2.93. The van der Waals surface area contributed by atoms with E-state index in [2.05, 4.69) is 47.8 Å². The van der Waals surface area contributed by atoms with Gasteiger partial charge in [-0.2, -0.15) is 0 Å². The van der Waals surface area contributed by atoms with Gasteiger partial charge in [-0.05, 0) is 50.8 Å². The number of hydrogen-bond acceptors (Lipinski definition) is 4. The zero-order valence-corrected chi connectivity index (χ0v) is 12.5. The second kappa shape index (κ2) is 3.99. The minimum absolute atomic E-state index is 0.347. The summed E-state index contributed by atoms with van der Waals surface area (Å²) in [4.78, 5) is 7.98. The van der Waals surface area contributed by atoms with Crippen LogP contribution in [-0.2, 0) is 0 Å². The molecule has 6 heteroatoms. The smallest absolute Gasteiger partial charge is 0.192 e. The summed E-state index contributed by atoms with van der Waals surface area (Å²) in [6.07, 6.45) is 2.50. The maximum atomic E-state index is 5.95. The third kappa shape index (κ3) is 1.80. The van der Waals surface area contributed by atoms with Crippen molar-refractivity contribution < 1.29 is 0 Å². The lowest BCUT2D eigenvalue weighted by molar-refractivity contribution is 0.342. The first-order valence-electron chi connectivity index (χ1n) is 5.20. The zero-order valence-electron chi connectivity index (χ0n) is 8.49. The molecule has 3 nitrogen and oxygen atoms in total. The number of hydrogen-bond donors (Lipinski definition) is 1. The monoisotopic (exact) mass is 363 g/mol. The van der Waals surface area contributed by atoms with E-state index in [1.807, 2.05) is 0 Å². The normalized spacial score (nSPS) is 25.0. The lowest BCUT2D eigenvalue weighted by Gasteiger charge is -2.25. The zero-order chi connectivity index (χ0) is 11.3. The Balaban J connectivity index is 1.89. The van der Waals surface area contributed by atoms with Crippen LogP contribution in [0.4, 0.5) is 0 Å². The second-order valence-electron chi connectivity index (χ2n) is 4.12. The van der Waals surface area contributed by atoms with Gasteiger partial charge >= 0.3 is 0 Å². The van der Waals surface area contributed by atoms with Gasteiger partial charge in [0.05, 0.1) is 16.4 Å². The first-order valence-corrected chi connectivity index (χ1v) is 7.60. The molecular formula is C10H11Br2N3S. The standard InChI is InChI=1S/C10H11Br2N3S/c11-6-3-8(16-9(6)12)7-4-14-10(13)15(7)5-1-2-5/h3,5,7H,1-2,4H2,(H2,13,14). The molecule has 1 aliphatic carbocycles. The molecule has 1 aliphatic heterocycles. The van der Waals surface area contributed by atoms with Crippen molar-refractivity contribution in [3.05, 3.63) is 19.2 Å². The van der Waals surface area contributed by atoms with Crippen LogP contribution in [0.25, 0.3) is 0 Å². The summed E-state index contributed by atoms with van der Waals surface area (Å²) < 4.78 is 2.26. The highest BCUT2D eigenvalue weighted by Crippen LogP contribution is 2.42. The van der Waals surface area contributed by atoms with E-state index in [1.54, 1.807) is 11.3 Å². The van der Waals surface area contributed by atoms with E-state index in [0.717, 1.165) is 14.8 Å². The Morgan fingerprint density at radius 2 is 2.19 bits per heavy atom. The van der Waals surface area contributed by atoms with Crippen LogP contribution < -0.4 is 5.73 Å². The van der Waals surface area contributed by atoms with Crippen LogP contribution >= 0.6 is 43.2 Å². The van der Waals surface area contributed by atoms with Gasteiger partial charge in [0.2, 0.25) is 0 Å². The third-order valence-electron chi connectivity index (χ3n) is 2.96. The van der Waals surface area contributed by atoms with Crippen LogP contribution in [0.3, 0.4) is 0 Å². The predicted octanol–water partition coefficient (Wildman–Crippen LogP) is 3.11. The van der Waals surface area contributed by atoms with Gasteiger partial charge in [0.25, 0.3) is 0 Å². The molecule has 0 spiro atoms. The molecule has 0 bridgehead atoms. The van der Waals surface area contributed by atoms with Gasteiger partial charge in [-0.15, -0.1) is 11.3 Å². The number of rotatable bonds is 2. The molecule has 86 valence electrons. The van der Waals surface area contributed by atoms with Crippen LogP contribution in [0.5, 0.6) is 0 Å². The Bertz CT molecular complexity index is 433. The highest BCUT2D eigenvalue weighted by Gasteiger charge is 2.39. The molecule has 2 heterocycles. The van der Waals surface area contributed by atoms with E-state index >= 15 is 0 Å². The van der Waals surface area contributed by atoms with Crippen molar-refractivity contribution in [2.75, 3.05) is 6.54 Å². The molecule has 1 aromatic rings. The van der Waals surface area contributed by atoms with Crippen molar-refractivity contribution in [1.29, 1.82) is 0 Å². The summed E-state index contributed by atoms with van der Waals surface area (Å²) in [7, 11) is 0. The van der Waals surface area contributed by atoms with Gasteiger partial charge in [0.1, 0.15) is 0 Å². The molecule has 0 amide bonds. The first-order chi connectivity index (χ1) is 7.66. The van der Waals surface area contributed by atoms with Crippen molar-refractivity contribution >= 4 is 49.2 Å². The minimum Gasteiger partial charge on any atom is -0.370 e. The molecule has 3 rings (SSSR count). The quantitative estimate of drug-likeness (QED) is 0.875. The SMILES string of the molecule is NC1=NCC(c2cc(Br)c(Br)s2)N1C1CC1. The van der Waals surface area contributed by atoms with Crippen LogP contribution in [0, 0.1) is 0 Å². The number of aliphatic imine (C=N–C) groups is 1. The first kappa shape index (κ1) is 11.0. The van der Waals surface area contributed by atoms with E-state index in [4.69, 9.17) is 5.73 Å². The van der Waals surface area contributed by atoms with Crippen molar-refractivity contribution in [1.82, 2.24) is 4.90 Å². The van der Waals surface area contributed by atoms with Gasteiger partial charge < -0.3 is 10.6 Å². The molecule has 16 heavy (non-hydrogen) atoms. The number of nitrogens with zero attached hydrogens (tertiary/aromatic N) is 2. The largest absolute Gasteiger partial charge is 0.370 e.